The third-order valence-electron chi connectivity index (χ3n) is 10.1. The van der Waals surface area contributed by atoms with Crippen molar-refractivity contribution in [3.05, 3.63) is 65.1 Å². The largest absolute Gasteiger partial charge is 0.356 e. The quantitative estimate of drug-likeness (QED) is 0.325. The fourth-order valence-corrected chi connectivity index (χ4v) is 7.72. The average Bonchev–Trinajstić information content (AvgIpc) is 3.40. The Bertz CT molecular complexity index is 1620. The fraction of sp³-hybridized carbons (Fsp3) is 0.541. The number of aryl methyl sites for hydroxylation is 1. The number of pyridine rings is 1. The molecule has 1 fully saturated rings. The molecule has 0 aliphatic carbocycles. The van der Waals surface area contributed by atoms with Gasteiger partial charge in [0.2, 0.25) is 23.6 Å². The van der Waals surface area contributed by atoms with Gasteiger partial charge in [0.25, 0.3) is 0 Å². The first-order chi connectivity index (χ1) is 22.3. The molecule has 252 valence electrons. The van der Waals surface area contributed by atoms with Crippen LogP contribution in [0.5, 0.6) is 0 Å². The highest BCUT2D eigenvalue weighted by atomic mass is 16.2. The van der Waals surface area contributed by atoms with Crippen LogP contribution in [0.15, 0.2) is 42.6 Å². The number of fused-ring (bicyclic) bond motifs is 5. The molecule has 3 aromatic rings. The molecule has 47 heavy (non-hydrogen) atoms. The smallest absolute Gasteiger partial charge is 0.228 e. The number of rotatable bonds is 11. The molecule has 2 aromatic heterocycles. The number of carbonyl (C=O) groups excluding carboxylic acids is 4. The molecule has 3 atom stereocenters. The Labute approximate surface area is 278 Å². The minimum atomic E-state index is -0.907. The maximum absolute atomic E-state index is 14.6. The molecule has 0 bridgehead atoms. The predicted molar refractivity (Wildman–Crippen MR) is 182 cm³/mol. The van der Waals surface area contributed by atoms with Crippen molar-refractivity contribution in [3.8, 4) is 0 Å². The lowest BCUT2D eigenvalue weighted by Crippen LogP contribution is -2.65. The Morgan fingerprint density at radius 1 is 1.09 bits per heavy atom. The summed E-state index contributed by atoms with van der Waals surface area (Å²) in [6.07, 6.45) is 4.36. The zero-order chi connectivity index (χ0) is 34.0. The van der Waals surface area contributed by atoms with E-state index in [9.17, 15) is 19.2 Å². The molecule has 4 heterocycles. The van der Waals surface area contributed by atoms with Crippen LogP contribution in [0.4, 0.5) is 0 Å². The summed E-state index contributed by atoms with van der Waals surface area (Å²) in [6, 6.07) is 11.9. The van der Waals surface area contributed by atoms with Gasteiger partial charge < -0.3 is 25.0 Å². The topological polar surface area (TPSA) is 119 Å². The molecule has 0 saturated carbocycles. The van der Waals surface area contributed by atoms with Crippen molar-refractivity contribution < 1.29 is 19.2 Å². The zero-order valence-electron chi connectivity index (χ0n) is 28.9. The summed E-state index contributed by atoms with van der Waals surface area (Å²) in [5, 5.41) is 4.06. The Balaban J connectivity index is 1.46. The number of aromatic amines is 1. The van der Waals surface area contributed by atoms with Crippen LogP contribution < -0.4 is 5.32 Å². The van der Waals surface area contributed by atoms with E-state index in [0.717, 1.165) is 33.4 Å². The Morgan fingerprint density at radius 3 is 2.49 bits per heavy atom. The first kappa shape index (κ1) is 34.1. The highest BCUT2D eigenvalue weighted by Gasteiger charge is 2.57. The Hall–Kier alpha value is -4.21. The van der Waals surface area contributed by atoms with Gasteiger partial charge in [0.1, 0.15) is 0 Å². The van der Waals surface area contributed by atoms with E-state index < -0.39 is 17.4 Å². The number of H-pyrrole nitrogens is 1. The third kappa shape index (κ3) is 6.78. The summed E-state index contributed by atoms with van der Waals surface area (Å²) in [4.78, 5) is 67.7. The van der Waals surface area contributed by atoms with Crippen molar-refractivity contribution in [2.75, 3.05) is 27.2 Å². The lowest BCUT2D eigenvalue weighted by Gasteiger charge is -2.54. The van der Waals surface area contributed by atoms with E-state index in [4.69, 9.17) is 0 Å². The third-order valence-corrected chi connectivity index (χ3v) is 10.1. The van der Waals surface area contributed by atoms with Crippen LogP contribution in [-0.4, -0.2) is 87.6 Å². The monoisotopic (exact) mass is 642 g/mol. The molecule has 0 spiro atoms. The molecule has 0 unspecified atom stereocenters. The second-order valence-electron chi connectivity index (χ2n) is 14.1. The van der Waals surface area contributed by atoms with E-state index >= 15 is 0 Å². The zero-order valence-corrected chi connectivity index (χ0v) is 28.9. The van der Waals surface area contributed by atoms with Gasteiger partial charge in [-0.3, -0.25) is 24.2 Å². The van der Waals surface area contributed by atoms with E-state index in [1.165, 1.54) is 0 Å². The van der Waals surface area contributed by atoms with Crippen molar-refractivity contribution in [1.82, 2.24) is 30.0 Å². The van der Waals surface area contributed by atoms with E-state index in [0.29, 0.717) is 45.2 Å². The molecular weight excluding hydrogens is 592 g/mol. The van der Waals surface area contributed by atoms with Gasteiger partial charge in [-0.2, -0.15) is 0 Å². The first-order valence-electron chi connectivity index (χ1n) is 17.0. The fourth-order valence-electron chi connectivity index (χ4n) is 7.72. The number of nitrogens with one attached hydrogen (secondary N) is 2. The summed E-state index contributed by atoms with van der Waals surface area (Å²) < 4.78 is 0. The molecule has 2 N–H and O–H groups in total. The lowest BCUT2D eigenvalue weighted by atomic mass is 9.67. The molecular formula is C37H50N6O4. The number of aromatic nitrogens is 2. The number of benzene rings is 1. The molecule has 2 aliphatic rings. The number of nitrogens with zero attached hydrogens (tertiary/aromatic N) is 4. The van der Waals surface area contributed by atoms with Crippen LogP contribution in [0.1, 0.15) is 76.4 Å². The molecule has 5 rings (SSSR count). The van der Waals surface area contributed by atoms with Gasteiger partial charge in [-0.1, -0.05) is 18.2 Å². The summed E-state index contributed by atoms with van der Waals surface area (Å²) in [5.74, 6) is -1.32. The van der Waals surface area contributed by atoms with E-state index in [-0.39, 0.29) is 42.1 Å². The van der Waals surface area contributed by atoms with Crippen molar-refractivity contribution in [1.29, 1.82) is 0 Å². The maximum atomic E-state index is 14.6. The summed E-state index contributed by atoms with van der Waals surface area (Å²) in [7, 11) is 3.53. The Morgan fingerprint density at radius 2 is 1.83 bits per heavy atom. The van der Waals surface area contributed by atoms with Gasteiger partial charge in [0.05, 0.1) is 11.5 Å². The Kier molecular flexibility index (Phi) is 10.1. The summed E-state index contributed by atoms with van der Waals surface area (Å²) in [5.41, 5.74) is 4.02. The highest BCUT2D eigenvalue weighted by molar-refractivity contribution is 5.93. The number of hydrogen-bond acceptors (Lipinski definition) is 5. The first-order valence-corrected chi connectivity index (χ1v) is 17.0. The highest BCUT2D eigenvalue weighted by Crippen LogP contribution is 2.50. The van der Waals surface area contributed by atoms with Crippen LogP contribution in [0.25, 0.3) is 10.9 Å². The second-order valence-corrected chi connectivity index (χ2v) is 14.1. The van der Waals surface area contributed by atoms with Gasteiger partial charge in [-0.05, 0) is 83.2 Å². The molecule has 1 aromatic carbocycles. The molecule has 0 radical (unpaired) electrons. The van der Waals surface area contributed by atoms with Gasteiger partial charge >= 0.3 is 0 Å². The standard InChI is InChI=1S/C37H50N6O4/c1-23(2)43(24(3)4)36(47)30-21-26(22-32(44)39-18-15-27-10-8-9-17-38-27)35(46)42-19-16-29-28-13-11-25(12-14-33(45)41(6)7)20-31(28)40-34(29)37(30,42)5/h8-11,13,17,20,23-24,26,30,40H,12,14-16,18-19,21-22H2,1-7H3,(H,39,44)/t26-,30-,37+/m1/s1. The van der Waals surface area contributed by atoms with Crippen LogP contribution in [0, 0.1) is 11.8 Å². The van der Waals surface area contributed by atoms with Crippen LogP contribution in [0.2, 0.25) is 0 Å². The van der Waals surface area contributed by atoms with E-state index in [2.05, 4.69) is 33.5 Å². The minimum Gasteiger partial charge on any atom is -0.356 e. The van der Waals surface area contributed by atoms with Crippen LogP contribution >= 0.6 is 0 Å². The van der Waals surface area contributed by atoms with Crippen molar-refractivity contribution >= 4 is 34.5 Å². The second kappa shape index (κ2) is 13.9. The molecule has 1 saturated heterocycles. The average molecular weight is 643 g/mol. The number of amides is 4. The summed E-state index contributed by atoms with van der Waals surface area (Å²) >= 11 is 0. The SMILES string of the molecule is CC(C)N(C(=O)[C@H]1C[C@H](CC(=O)NCCc2ccccn2)C(=O)N2CCc3c([nH]c4cc(CCC(=O)N(C)C)ccc34)[C@]12C)C(C)C. The van der Waals surface area contributed by atoms with Gasteiger partial charge in [0, 0.05) is 92.9 Å². The van der Waals surface area contributed by atoms with Gasteiger partial charge in [-0.15, -0.1) is 0 Å². The van der Waals surface area contributed by atoms with E-state index in [1.54, 1.807) is 25.2 Å². The van der Waals surface area contributed by atoms with Crippen molar-refractivity contribution in [3.63, 3.8) is 0 Å². The molecule has 10 nitrogen and oxygen atoms in total. The normalized spacial score (nSPS) is 20.7. The molecule has 4 amide bonds. The minimum absolute atomic E-state index is 0.00459. The number of hydrogen-bond donors (Lipinski definition) is 2. The lowest BCUT2D eigenvalue weighted by molar-refractivity contribution is -0.166. The summed E-state index contributed by atoms with van der Waals surface area (Å²) in [6.45, 7) is 11.0. The maximum Gasteiger partial charge on any atom is 0.228 e. The van der Waals surface area contributed by atoms with Crippen molar-refractivity contribution in [2.45, 2.75) is 90.8 Å². The number of carbonyl (C=O) groups is 4. The van der Waals surface area contributed by atoms with Crippen LogP contribution in [-0.2, 0) is 44.0 Å². The van der Waals surface area contributed by atoms with E-state index in [1.807, 2.05) is 62.6 Å². The predicted octanol–water partition coefficient (Wildman–Crippen LogP) is 4.21. The van der Waals surface area contributed by atoms with Gasteiger partial charge in [0.15, 0.2) is 0 Å². The van der Waals surface area contributed by atoms with Crippen molar-refractivity contribution in [2.24, 2.45) is 11.8 Å². The molecule has 10 heteroatoms. The number of piperidine rings is 1. The molecule has 2 aliphatic heterocycles. The van der Waals surface area contributed by atoms with Crippen LogP contribution in [0.3, 0.4) is 0 Å². The van der Waals surface area contributed by atoms with Gasteiger partial charge in [-0.25, -0.2) is 0 Å².